The van der Waals surface area contributed by atoms with Crippen LogP contribution in [0.1, 0.15) is 23.6 Å². The molecule has 2 heterocycles. The molecule has 1 aromatic carbocycles. The summed E-state index contributed by atoms with van der Waals surface area (Å²) in [7, 11) is 1.95. The number of amides is 1. The van der Waals surface area contributed by atoms with Gasteiger partial charge < -0.3 is 4.90 Å². The fourth-order valence-corrected chi connectivity index (χ4v) is 3.49. The molecule has 1 atom stereocenters. The summed E-state index contributed by atoms with van der Waals surface area (Å²) in [5.41, 5.74) is 2.12. The van der Waals surface area contributed by atoms with Crippen LogP contribution in [0.3, 0.4) is 0 Å². The maximum Gasteiger partial charge on any atom is 0.236 e. The lowest BCUT2D eigenvalue weighted by Gasteiger charge is -2.21. The largest absolute Gasteiger partial charge is 0.341 e. The molecule has 0 radical (unpaired) electrons. The first-order chi connectivity index (χ1) is 11.6. The maximum atomic E-state index is 12.5. The molecule has 3 rings (SSSR count). The fourth-order valence-electron chi connectivity index (χ4n) is 3.20. The number of likely N-dealkylation sites (tertiary alicyclic amines) is 1. The highest BCUT2D eigenvalue weighted by Crippen LogP contribution is 2.31. The quantitative estimate of drug-likeness (QED) is 0.836. The van der Waals surface area contributed by atoms with Gasteiger partial charge in [-0.2, -0.15) is 0 Å². The van der Waals surface area contributed by atoms with Crippen molar-refractivity contribution in [3.05, 3.63) is 64.9 Å². The minimum Gasteiger partial charge on any atom is -0.341 e. The number of halogens is 1. The van der Waals surface area contributed by atoms with Crippen molar-refractivity contribution in [2.24, 2.45) is 0 Å². The maximum absolute atomic E-state index is 12.5. The normalized spacial score (nSPS) is 17.5. The zero-order chi connectivity index (χ0) is 16.9. The second kappa shape index (κ2) is 7.77. The molecule has 126 valence electrons. The number of nitrogens with zero attached hydrogens (tertiary/aromatic N) is 3. The minimum atomic E-state index is 0.169. The summed E-state index contributed by atoms with van der Waals surface area (Å²) in [6, 6.07) is 13.8. The molecule has 0 N–H and O–H groups in total. The SMILES string of the molecule is CN(CC(=O)N1CCC(c2ccccc2Cl)C1)Cc1ccccn1. The Morgan fingerprint density at radius 3 is 2.83 bits per heavy atom. The molecule has 0 spiro atoms. The van der Waals surface area contributed by atoms with Crippen LogP contribution in [0.2, 0.25) is 5.02 Å². The van der Waals surface area contributed by atoms with Gasteiger partial charge >= 0.3 is 0 Å². The van der Waals surface area contributed by atoms with Crippen molar-refractivity contribution in [2.45, 2.75) is 18.9 Å². The van der Waals surface area contributed by atoms with E-state index in [1.54, 1.807) is 6.20 Å². The molecule has 1 fully saturated rings. The minimum absolute atomic E-state index is 0.169. The van der Waals surface area contributed by atoms with Crippen molar-refractivity contribution < 1.29 is 4.79 Å². The smallest absolute Gasteiger partial charge is 0.236 e. The molecule has 4 nitrogen and oxygen atoms in total. The first kappa shape index (κ1) is 16.9. The summed E-state index contributed by atoms with van der Waals surface area (Å²) in [6.45, 7) is 2.63. The monoisotopic (exact) mass is 343 g/mol. The summed E-state index contributed by atoms with van der Waals surface area (Å²) in [5.74, 6) is 0.506. The van der Waals surface area contributed by atoms with Gasteiger partial charge in [-0.25, -0.2) is 0 Å². The molecule has 1 aromatic heterocycles. The lowest BCUT2D eigenvalue weighted by molar-refractivity contribution is -0.131. The van der Waals surface area contributed by atoms with Crippen LogP contribution in [0.5, 0.6) is 0 Å². The van der Waals surface area contributed by atoms with E-state index in [4.69, 9.17) is 11.6 Å². The summed E-state index contributed by atoms with van der Waals surface area (Å²) in [6.07, 6.45) is 2.75. The van der Waals surface area contributed by atoms with Crippen LogP contribution in [0.15, 0.2) is 48.7 Å². The van der Waals surface area contributed by atoms with E-state index in [-0.39, 0.29) is 5.91 Å². The highest BCUT2D eigenvalue weighted by molar-refractivity contribution is 6.31. The van der Waals surface area contributed by atoms with Crippen molar-refractivity contribution >= 4 is 17.5 Å². The van der Waals surface area contributed by atoms with Crippen LogP contribution >= 0.6 is 11.6 Å². The van der Waals surface area contributed by atoms with Crippen LogP contribution in [0.4, 0.5) is 0 Å². The first-order valence-corrected chi connectivity index (χ1v) is 8.62. The number of aromatic nitrogens is 1. The number of benzene rings is 1. The van der Waals surface area contributed by atoms with E-state index < -0.39 is 0 Å². The number of carbonyl (C=O) groups excluding carboxylic acids is 1. The van der Waals surface area contributed by atoms with E-state index in [0.29, 0.717) is 19.0 Å². The van der Waals surface area contributed by atoms with Gasteiger partial charge in [0.2, 0.25) is 5.91 Å². The third kappa shape index (κ3) is 4.13. The third-order valence-corrected chi connectivity index (χ3v) is 4.79. The number of carbonyl (C=O) groups is 1. The van der Waals surface area contributed by atoms with Crippen molar-refractivity contribution in [3.63, 3.8) is 0 Å². The predicted molar refractivity (Wildman–Crippen MR) is 96.0 cm³/mol. The summed E-state index contributed by atoms with van der Waals surface area (Å²) < 4.78 is 0. The topological polar surface area (TPSA) is 36.4 Å². The lowest BCUT2D eigenvalue weighted by atomic mass is 9.98. The lowest BCUT2D eigenvalue weighted by Crippen LogP contribution is -2.37. The number of hydrogen-bond acceptors (Lipinski definition) is 3. The Balaban J connectivity index is 1.54. The molecule has 1 aliphatic heterocycles. The van der Waals surface area contributed by atoms with Crippen molar-refractivity contribution in [1.29, 1.82) is 0 Å². The Labute approximate surface area is 148 Å². The first-order valence-electron chi connectivity index (χ1n) is 8.24. The van der Waals surface area contributed by atoms with Gasteiger partial charge in [0.05, 0.1) is 12.2 Å². The van der Waals surface area contributed by atoms with Gasteiger partial charge in [-0.3, -0.25) is 14.7 Å². The van der Waals surface area contributed by atoms with Crippen LogP contribution in [-0.4, -0.2) is 47.4 Å². The van der Waals surface area contributed by atoms with Gasteiger partial charge in [-0.05, 0) is 37.2 Å². The zero-order valence-corrected chi connectivity index (χ0v) is 14.6. The summed E-state index contributed by atoms with van der Waals surface area (Å²) >= 11 is 6.29. The van der Waals surface area contributed by atoms with Crippen molar-refractivity contribution in [3.8, 4) is 0 Å². The van der Waals surface area contributed by atoms with Gasteiger partial charge in [0.15, 0.2) is 0 Å². The molecule has 1 amide bonds. The third-order valence-electron chi connectivity index (χ3n) is 4.45. The van der Waals surface area contributed by atoms with Crippen LogP contribution in [0, 0.1) is 0 Å². The van der Waals surface area contributed by atoms with Gasteiger partial charge in [0, 0.05) is 36.8 Å². The van der Waals surface area contributed by atoms with Crippen molar-refractivity contribution in [1.82, 2.24) is 14.8 Å². The second-order valence-electron chi connectivity index (χ2n) is 6.34. The molecular weight excluding hydrogens is 322 g/mol. The van der Waals surface area contributed by atoms with Crippen molar-refractivity contribution in [2.75, 3.05) is 26.7 Å². The number of hydrogen-bond donors (Lipinski definition) is 0. The van der Waals surface area contributed by atoms with E-state index in [1.165, 1.54) is 0 Å². The highest BCUT2D eigenvalue weighted by atomic mass is 35.5. The standard InChI is InChI=1S/C19H22ClN3O/c1-22(13-16-6-4-5-10-21-16)14-19(24)23-11-9-15(12-23)17-7-2-3-8-18(17)20/h2-8,10,15H,9,11-14H2,1H3. The van der Waals surface area contributed by atoms with E-state index in [1.807, 2.05) is 53.2 Å². The van der Waals surface area contributed by atoms with Gasteiger partial charge in [-0.1, -0.05) is 35.9 Å². The van der Waals surface area contributed by atoms with E-state index >= 15 is 0 Å². The van der Waals surface area contributed by atoms with E-state index in [9.17, 15) is 4.79 Å². The van der Waals surface area contributed by atoms with Crippen LogP contribution < -0.4 is 0 Å². The van der Waals surface area contributed by atoms with Gasteiger partial charge in [-0.15, -0.1) is 0 Å². The molecule has 1 aliphatic rings. The molecule has 24 heavy (non-hydrogen) atoms. The molecule has 1 saturated heterocycles. The Morgan fingerprint density at radius 1 is 1.29 bits per heavy atom. The molecule has 2 aromatic rings. The second-order valence-corrected chi connectivity index (χ2v) is 6.75. The molecule has 0 aliphatic carbocycles. The molecular formula is C19H22ClN3O. The molecule has 5 heteroatoms. The van der Waals surface area contributed by atoms with Gasteiger partial charge in [0.25, 0.3) is 0 Å². The Bertz CT molecular complexity index is 692. The number of pyridine rings is 1. The van der Waals surface area contributed by atoms with E-state index in [0.717, 1.165) is 35.8 Å². The van der Waals surface area contributed by atoms with Gasteiger partial charge in [0.1, 0.15) is 0 Å². The molecule has 0 bridgehead atoms. The van der Waals surface area contributed by atoms with Crippen LogP contribution in [-0.2, 0) is 11.3 Å². The Morgan fingerprint density at radius 2 is 2.08 bits per heavy atom. The molecule has 1 unspecified atom stereocenters. The summed E-state index contributed by atoms with van der Waals surface area (Å²) in [4.78, 5) is 20.8. The Kier molecular flexibility index (Phi) is 5.48. The Hall–Kier alpha value is -1.91. The highest BCUT2D eigenvalue weighted by Gasteiger charge is 2.28. The molecule has 0 saturated carbocycles. The van der Waals surface area contributed by atoms with Crippen LogP contribution in [0.25, 0.3) is 0 Å². The van der Waals surface area contributed by atoms with E-state index in [2.05, 4.69) is 11.1 Å². The average molecular weight is 344 g/mol. The zero-order valence-electron chi connectivity index (χ0n) is 13.9. The summed E-state index contributed by atoms with van der Waals surface area (Å²) in [5, 5.41) is 0.795. The average Bonchev–Trinajstić information content (AvgIpc) is 3.06. The fraction of sp³-hybridized carbons (Fsp3) is 0.368. The number of rotatable bonds is 5. The number of likely N-dealkylation sites (N-methyl/N-ethyl adjacent to an activating group) is 1. The predicted octanol–water partition coefficient (Wildman–Crippen LogP) is 3.18.